The summed E-state index contributed by atoms with van der Waals surface area (Å²) in [4.78, 5) is 16.6. The molecule has 154 valence electrons. The number of aromatic nitrogens is 2. The monoisotopic (exact) mass is 401 g/mol. The van der Waals surface area contributed by atoms with Crippen molar-refractivity contribution in [3.8, 4) is 11.3 Å². The zero-order valence-corrected chi connectivity index (χ0v) is 17.7. The number of nitrogens with one attached hydrogen (secondary N) is 1. The van der Waals surface area contributed by atoms with Crippen LogP contribution in [-0.4, -0.2) is 47.3 Å². The highest BCUT2D eigenvalue weighted by atomic mass is 16.2. The van der Waals surface area contributed by atoms with Crippen LogP contribution >= 0.6 is 0 Å². The molecule has 0 saturated carbocycles. The Hall–Kier alpha value is -3.41. The third-order valence-corrected chi connectivity index (χ3v) is 5.47. The van der Waals surface area contributed by atoms with Gasteiger partial charge in [-0.1, -0.05) is 35.9 Å². The van der Waals surface area contributed by atoms with Crippen LogP contribution in [0, 0.1) is 20.8 Å². The number of nitrogens with zero attached hydrogens (tertiary/aromatic N) is 4. The van der Waals surface area contributed by atoms with E-state index >= 15 is 0 Å². The van der Waals surface area contributed by atoms with Gasteiger partial charge in [0.25, 0.3) is 0 Å². The van der Waals surface area contributed by atoms with Gasteiger partial charge in [-0.05, 0) is 56.2 Å². The first-order valence-corrected chi connectivity index (χ1v) is 10.3. The Bertz CT molecular complexity index is 1040. The number of benzene rings is 2. The summed E-state index contributed by atoms with van der Waals surface area (Å²) in [5.74, 6) is 0.849. The van der Waals surface area contributed by atoms with E-state index < -0.39 is 0 Å². The van der Waals surface area contributed by atoms with E-state index in [4.69, 9.17) is 0 Å². The molecule has 1 fully saturated rings. The summed E-state index contributed by atoms with van der Waals surface area (Å²) in [6, 6.07) is 18.2. The molecule has 1 aromatic heterocycles. The van der Waals surface area contributed by atoms with Crippen LogP contribution in [0.1, 0.15) is 16.7 Å². The van der Waals surface area contributed by atoms with E-state index in [0.717, 1.165) is 41.4 Å². The smallest absolute Gasteiger partial charge is 0.321 e. The highest BCUT2D eigenvalue weighted by molar-refractivity contribution is 5.89. The number of rotatable bonds is 3. The number of amides is 2. The van der Waals surface area contributed by atoms with Crippen molar-refractivity contribution in [2.24, 2.45) is 0 Å². The molecule has 0 radical (unpaired) electrons. The predicted molar refractivity (Wildman–Crippen MR) is 121 cm³/mol. The average Bonchev–Trinajstić information content (AvgIpc) is 2.74. The lowest BCUT2D eigenvalue weighted by molar-refractivity contribution is 0.208. The molecule has 3 aromatic rings. The third-order valence-electron chi connectivity index (χ3n) is 5.47. The van der Waals surface area contributed by atoms with Crippen LogP contribution in [0.5, 0.6) is 0 Å². The highest BCUT2D eigenvalue weighted by Gasteiger charge is 2.22. The number of urea groups is 1. The van der Waals surface area contributed by atoms with Crippen molar-refractivity contribution < 1.29 is 4.79 Å². The molecule has 1 saturated heterocycles. The minimum Gasteiger partial charge on any atom is -0.352 e. The van der Waals surface area contributed by atoms with Crippen LogP contribution in [0.2, 0.25) is 0 Å². The van der Waals surface area contributed by atoms with Gasteiger partial charge in [0.1, 0.15) is 0 Å². The van der Waals surface area contributed by atoms with Crippen molar-refractivity contribution in [2.45, 2.75) is 20.8 Å². The van der Waals surface area contributed by atoms with Gasteiger partial charge in [0.05, 0.1) is 5.69 Å². The number of aryl methyl sites for hydroxylation is 3. The summed E-state index contributed by atoms with van der Waals surface area (Å²) in [7, 11) is 0. The average molecular weight is 402 g/mol. The van der Waals surface area contributed by atoms with Gasteiger partial charge >= 0.3 is 6.03 Å². The van der Waals surface area contributed by atoms with Gasteiger partial charge in [0.15, 0.2) is 5.82 Å². The normalized spacial score (nSPS) is 14.0. The van der Waals surface area contributed by atoms with Gasteiger partial charge in [-0.3, -0.25) is 0 Å². The van der Waals surface area contributed by atoms with E-state index in [0.29, 0.717) is 13.1 Å². The molecule has 1 aliphatic heterocycles. The van der Waals surface area contributed by atoms with E-state index in [-0.39, 0.29) is 6.03 Å². The Kier molecular flexibility index (Phi) is 5.65. The maximum Gasteiger partial charge on any atom is 0.321 e. The molecule has 1 N–H and O–H groups in total. The van der Waals surface area contributed by atoms with Gasteiger partial charge in [-0.25, -0.2) is 4.79 Å². The molecule has 4 rings (SSSR count). The van der Waals surface area contributed by atoms with Crippen LogP contribution in [0.3, 0.4) is 0 Å². The minimum atomic E-state index is -0.0588. The number of hydrogen-bond acceptors (Lipinski definition) is 4. The number of anilines is 2. The molecule has 0 aliphatic carbocycles. The van der Waals surface area contributed by atoms with Crippen LogP contribution in [0.4, 0.5) is 16.3 Å². The molecule has 1 aliphatic rings. The van der Waals surface area contributed by atoms with Gasteiger partial charge in [0.2, 0.25) is 0 Å². The van der Waals surface area contributed by atoms with Crippen molar-refractivity contribution in [1.82, 2.24) is 15.1 Å². The number of carbonyl (C=O) groups excluding carboxylic acids is 1. The van der Waals surface area contributed by atoms with Gasteiger partial charge in [-0.2, -0.15) is 0 Å². The standard InChI is InChI=1S/C24H27N5O/c1-17-5-4-6-20(16-17)25-24(30)29-13-11-28(12-14-29)23-10-9-22(26-27-23)21-8-7-18(2)15-19(21)3/h4-10,15-16H,11-14H2,1-3H3,(H,25,30). The first-order valence-electron chi connectivity index (χ1n) is 10.3. The van der Waals surface area contributed by atoms with Crippen molar-refractivity contribution >= 4 is 17.5 Å². The quantitative estimate of drug-likeness (QED) is 0.706. The van der Waals surface area contributed by atoms with E-state index in [1.807, 2.05) is 48.2 Å². The lowest BCUT2D eigenvalue weighted by Gasteiger charge is -2.35. The molecule has 0 unspecified atom stereocenters. The lowest BCUT2D eigenvalue weighted by atomic mass is 10.0. The van der Waals surface area contributed by atoms with Crippen LogP contribution < -0.4 is 10.2 Å². The molecule has 6 nitrogen and oxygen atoms in total. The van der Waals surface area contributed by atoms with E-state index in [9.17, 15) is 4.79 Å². The van der Waals surface area contributed by atoms with Crippen LogP contribution in [-0.2, 0) is 0 Å². The Morgan fingerprint density at radius 3 is 2.30 bits per heavy atom. The summed E-state index contributed by atoms with van der Waals surface area (Å²) in [5, 5.41) is 11.9. The fraction of sp³-hybridized carbons (Fsp3) is 0.292. The Morgan fingerprint density at radius 1 is 0.867 bits per heavy atom. The first-order chi connectivity index (χ1) is 14.5. The highest BCUT2D eigenvalue weighted by Crippen LogP contribution is 2.23. The largest absolute Gasteiger partial charge is 0.352 e. The summed E-state index contributed by atoms with van der Waals surface area (Å²) in [5.41, 5.74) is 6.39. The lowest BCUT2D eigenvalue weighted by Crippen LogP contribution is -2.50. The van der Waals surface area contributed by atoms with Crippen molar-refractivity contribution in [1.29, 1.82) is 0 Å². The Balaban J connectivity index is 1.36. The maximum atomic E-state index is 12.5. The third kappa shape index (κ3) is 4.43. The second-order valence-corrected chi connectivity index (χ2v) is 7.87. The van der Waals surface area contributed by atoms with Crippen molar-refractivity contribution in [3.63, 3.8) is 0 Å². The summed E-state index contributed by atoms with van der Waals surface area (Å²) in [6.45, 7) is 8.97. The van der Waals surface area contributed by atoms with Gasteiger partial charge < -0.3 is 15.1 Å². The number of hydrogen-bond donors (Lipinski definition) is 1. The summed E-state index contributed by atoms with van der Waals surface area (Å²) >= 11 is 0. The minimum absolute atomic E-state index is 0.0588. The molecule has 30 heavy (non-hydrogen) atoms. The van der Waals surface area contributed by atoms with Crippen molar-refractivity contribution in [2.75, 3.05) is 36.4 Å². The predicted octanol–water partition coefficient (Wildman–Crippen LogP) is 4.42. The second kappa shape index (κ2) is 8.53. The molecule has 0 bridgehead atoms. The fourth-order valence-electron chi connectivity index (χ4n) is 3.80. The number of carbonyl (C=O) groups is 1. The zero-order chi connectivity index (χ0) is 21.1. The SMILES string of the molecule is Cc1cccc(NC(=O)N2CCN(c3ccc(-c4ccc(C)cc4C)nn3)CC2)c1. The van der Waals surface area contributed by atoms with E-state index in [1.54, 1.807) is 0 Å². The Labute approximate surface area is 177 Å². The molecule has 6 heteroatoms. The van der Waals surface area contributed by atoms with Crippen LogP contribution in [0.25, 0.3) is 11.3 Å². The summed E-state index contributed by atoms with van der Waals surface area (Å²) < 4.78 is 0. The Morgan fingerprint density at radius 2 is 1.63 bits per heavy atom. The topological polar surface area (TPSA) is 61.4 Å². The molecular weight excluding hydrogens is 374 g/mol. The number of piperazine rings is 1. The molecular formula is C24H27N5O. The molecule has 2 aromatic carbocycles. The maximum absolute atomic E-state index is 12.5. The van der Waals surface area contributed by atoms with E-state index in [1.165, 1.54) is 11.1 Å². The zero-order valence-electron chi connectivity index (χ0n) is 17.7. The molecule has 2 heterocycles. The van der Waals surface area contributed by atoms with Crippen LogP contribution in [0.15, 0.2) is 54.6 Å². The summed E-state index contributed by atoms with van der Waals surface area (Å²) in [6.07, 6.45) is 0. The second-order valence-electron chi connectivity index (χ2n) is 7.87. The molecule has 0 atom stereocenters. The van der Waals surface area contributed by atoms with Crippen molar-refractivity contribution in [3.05, 3.63) is 71.3 Å². The van der Waals surface area contributed by atoms with Gasteiger partial charge in [-0.15, -0.1) is 10.2 Å². The molecule has 0 spiro atoms. The first kappa shape index (κ1) is 19.9. The fourth-order valence-corrected chi connectivity index (χ4v) is 3.80. The van der Waals surface area contributed by atoms with E-state index in [2.05, 4.69) is 52.5 Å². The van der Waals surface area contributed by atoms with Gasteiger partial charge in [0, 0.05) is 37.4 Å². The molecule has 2 amide bonds.